The Morgan fingerprint density at radius 2 is 2.33 bits per heavy atom. The van der Waals surface area contributed by atoms with Crippen LogP contribution in [0.25, 0.3) is 0 Å². The Morgan fingerprint density at radius 3 is 3.08 bits per heavy atom. The second kappa shape index (κ2) is 2.86. The van der Waals surface area contributed by atoms with E-state index in [0.717, 1.165) is 25.7 Å². The van der Waals surface area contributed by atoms with Crippen LogP contribution in [0.1, 0.15) is 32.6 Å². The summed E-state index contributed by atoms with van der Waals surface area (Å²) in [4.78, 5) is 0. The second-order valence-electron chi connectivity index (χ2n) is 4.19. The summed E-state index contributed by atoms with van der Waals surface area (Å²) in [5.74, 6) is 0. The third-order valence-corrected chi connectivity index (χ3v) is 3.13. The van der Waals surface area contributed by atoms with E-state index in [2.05, 4.69) is 19.1 Å². The molecule has 1 N–H and O–H groups in total. The summed E-state index contributed by atoms with van der Waals surface area (Å²) in [7, 11) is 0. The molecule has 0 radical (unpaired) electrons. The first-order chi connectivity index (χ1) is 5.71. The average molecular weight is 168 g/mol. The van der Waals surface area contributed by atoms with E-state index in [1.165, 1.54) is 0 Å². The average Bonchev–Trinajstić information content (AvgIpc) is 2.01. The van der Waals surface area contributed by atoms with Gasteiger partial charge in [0.25, 0.3) is 0 Å². The second-order valence-corrected chi connectivity index (χ2v) is 4.19. The molecule has 3 aliphatic rings. The summed E-state index contributed by atoms with van der Waals surface area (Å²) < 4.78 is 5.46. The highest BCUT2D eigenvalue weighted by Crippen LogP contribution is 2.40. The maximum Gasteiger partial charge on any atom is 0.160 e. The Balaban J connectivity index is 2.21. The number of aliphatic hydroxyl groups excluding tert-OH is 1. The lowest BCUT2D eigenvalue weighted by Crippen LogP contribution is -2.42. The molecule has 2 nitrogen and oxygen atoms in total. The normalized spacial score (nSPS) is 49.8. The maximum absolute atomic E-state index is 9.71. The smallest absolute Gasteiger partial charge is 0.160 e. The van der Waals surface area contributed by atoms with Crippen LogP contribution in [0.4, 0.5) is 0 Å². The minimum Gasteiger partial charge on any atom is -0.367 e. The highest BCUT2D eigenvalue weighted by atomic mass is 16.6. The fraction of sp³-hybridized carbons (Fsp3) is 0.800. The summed E-state index contributed by atoms with van der Waals surface area (Å²) >= 11 is 0. The molecule has 3 atom stereocenters. The Morgan fingerprint density at radius 1 is 1.50 bits per heavy atom. The number of aliphatic hydroxyl groups is 1. The Kier molecular flexibility index (Phi) is 1.97. The largest absolute Gasteiger partial charge is 0.367 e. The van der Waals surface area contributed by atoms with Gasteiger partial charge < -0.3 is 9.84 Å². The number of ether oxygens (including phenoxy) is 1. The van der Waals surface area contributed by atoms with E-state index >= 15 is 0 Å². The van der Waals surface area contributed by atoms with Crippen LogP contribution in [-0.4, -0.2) is 17.5 Å². The summed E-state index contributed by atoms with van der Waals surface area (Å²) in [6, 6.07) is 0. The first-order valence-corrected chi connectivity index (χ1v) is 4.71. The highest BCUT2D eigenvalue weighted by Gasteiger charge is 2.39. The van der Waals surface area contributed by atoms with Crippen molar-refractivity contribution in [2.75, 3.05) is 0 Å². The first kappa shape index (κ1) is 8.27. The van der Waals surface area contributed by atoms with Gasteiger partial charge in [0.05, 0.1) is 6.10 Å². The van der Waals surface area contributed by atoms with Crippen LogP contribution in [0, 0.1) is 5.41 Å². The Labute approximate surface area is 73.2 Å². The Bertz CT molecular complexity index is 200. The van der Waals surface area contributed by atoms with Gasteiger partial charge in [0.2, 0.25) is 0 Å². The molecular weight excluding hydrogens is 152 g/mol. The van der Waals surface area contributed by atoms with Crippen molar-refractivity contribution in [1.82, 2.24) is 0 Å². The molecule has 0 amide bonds. The number of hydrogen-bond acceptors (Lipinski definition) is 2. The van der Waals surface area contributed by atoms with Crippen molar-refractivity contribution < 1.29 is 9.84 Å². The van der Waals surface area contributed by atoms with Gasteiger partial charge in [0.15, 0.2) is 6.29 Å². The molecule has 12 heavy (non-hydrogen) atoms. The van der Waals surface area contributed by atoms with Crippen molar-refractivity contribution in [2.45, 2.75) is 45.0 Å². The molecule has 2 aliphatic heterocycles. The third kappa shape index (κ3) is 1.29. The van der Waals surface area contributed by atoms with Crippen molar-refractivity contribution in [2.24, 2.45) is 5.41 Å². The topological polar surface area (TPSA) is 29.5 Å². The molecule has 2 heterocycles. The van der Waals surface area contributed by atoms with Crippen LogP contribution in [0.5, 0.6) is 0 Å². The molecule has 0 saturated carbocycles. The van der Waals surface area contributed by atoms with Gasteiger partial charge >= 0.3 is 0 Å². The van der Waals surface area contributed by atoms with Gasteiger partial charge in [-0.1, -0.05) is 19.1 Å². The van der Waals surface area contributed by atoms with Crippen molar-refractivity contribution in [3.8, 4) is 0 Å². The van der Waals surface area contributed by atoms with Crippen LogP contribution in [-0.2, 0) is 4.74 Å². The van der Waals surface area contributed by atoms with E-state index in [-0.39, 0.29) is 11.5 Å². The molecule has 0 aromatic heterocycles. The van der Waals surface area contributed by atoms with Gasteiger partial charge in [-0.3, -0.25) is 0 Å². The molecule has 1 unspecified atom stereocenters. The van der Waals surface area contributed by atoms with E-state index in [1.54, 1.807) is 0 Å². The van der Waals surface area contributed by atoms with E-state index in [1.807, 2.05) is 0 Å². The number of rotatable bonds is 0. The van der Waals surface area contributed by atoms with Gasteiger partial charge in [-0.05, 0) is 25.7 Å². The maximum atomic E-state index is 9.71. The Hall–Kier alpha value is -0.340. The number of allylic oxidation sites excluding steroid dienone is 1. The van der Waals surface area contributed by atoms with E-state index in [9.17, 15) is 5.11 Å². The quantitative estimate of drug-likeness (QED) is 0.559. The zero-order valence-electron chi connectivity index (χ0n) is 7.49. The summed E-state index contributed by atoms with van der Waals surface area (Å²) in [6.07, 6.45) is 8.13. The first-order valence-electron chi connectivity index (χ1n) is 4.71. The number of hydrogen-bond donors (Lipinski definition) is 1. The molecule has 2 heteroatoms. The van der Waals surface area contributed by atoms with Gasteiger partial charge in [-0.2, -0.15) is 0 Å². The van der Waals surface area contributed by atoms with Crippen LogP contribution >= 0.6 is 0 Å². The monoisotopic (exact) mass is 168 g/mol. The molecular formula is C10H16O2. The fourth-order valence-corrected chi connectivity index (χ4v) is 2.04. The summed E-state index contributed by atoms with van der Waals surface area (Å²) in [5, 5.41) is 9.71. The predicted molar refractivity (Wildman–Crippen MR) is 46.6 cm³/mol. The molecule has 0 aromatic rings. The fourth-order valence-electron chi connectivity index (χ4n) is 2.04. The van der Waals surface area contributed by atoms with Crippen LogP contribution in [0.3, 0.4) is 0 Å². The molecule has 1 fully saturated rings. The highest BCUT2D eigenvalue weighted by molar-refractivity contribution is 4.99. The minimum absolute atomic E-state index is 0.00125. The van der Waals surface area contributed by atoms with Crippen molar-refractivity contribution in [3.63, 3.8) is 0 Å². The molecule has 0 spiro atoms. The van der Waals surface area contributed by atoms with Crippen LogP contribution in [0.2, 0.25) is 0 Å². The van der Waals surface area contributed by atoms with Crippen molar-refractivity contribution >= 4 is 0 Å². The lowest BCUT2D eigenvalue weighted by atomic mass is 9.76. The van der Waals surface area contributed by atoms with Gasteiger partial charge in [-0.25, -0.2) is 0 Å². The molecule has 68 valence electrons. The van der Waals surface area contributed by atoms with Gasteiger partial charge in [0.1, 0.15) is 0 Å². The zero-order chi connectivity index (χ0) is 8.60. The molecule has 3 rings (SSSR count). The SMILES string of the molecule is C[C@]12CC/C=C\[C@H](CC1)OC2O. The van der Waals surface area contributed by atoms with E-state index in [0.29, 0.717) is 0 Å². The standard InChI is InChI=1S/C10H16O2/c1-10-6-3-2-4-8(5-7-10)12-9(10)11/h2,4,8-9,11H,3,5-7H2,1H3/b4-2-/t8-,9?,10+/m1/s1. The lowest BCUT2D eigenvalue weighted by molar-refractivity contribution is -0.220. The van der Waals surface area contributed by atoms with Gasteiger partial charge in [0, 0.05) is 5.41 Å². The summed E-state index contributed by atoms with van der Waals surface area (Å²) in [6.45, 7) is 2.12. The van der Waals surface area contributed by atoms with Crippen LogP contribution in [0.15, 0.2) is 12.2 Å². The summed E-state index contributed by atoms with van der Waals surface area (Å²) in [5.41, 5.74) is 0.00125. The van der Waals surface area contributed by atoms with Crippen molar-refractivity contribution in [1.29, 1.82) is 0 Å². The molecule has 0 aromatic carbocycles. The van der Waals surface area contributed by atoms with Gasteiger partial charge in [-0.15, -0.1) is 0 Å². The van der Waals surface area contributed by atoms with Crippen LogP contribution < -0.4 is 0 Å². The lowest BCUT2D eigenvalue weighted by Gasteiger charge is -2.42. The van der Waals surface area contributed by atoms with E-state index in [4.69, 9.17) is 4.74 Å². The van der Waals surface area contributed by atoms with E-state index < -0.39 is 6.29 Å². The zero-order valence-corrected chi connectivity index (χ0v) is 7.49. The van der Waals surface area contributed by atoms with Crippen molar-refractivity contribution in [3.05, 3.63) is 12.2 Å². The third-order valence-electron chi connectivity index (χ3n) is 3.13. The molecule has 2 bridgehead atoms. The minimum atomic E-state index is -0.554. The number of fused-ring (bicyclic) bond motifs is 4. The molecule has 1 aliphatic carbocycles. The predicted octanol–water partition coefficient (Wildman–Crippen LogP) is 1.84. The molecule has 1 saturated heterocycles.